The van der Waals surface area contributed by atoms with E-state index in [1.807, 2.05) is 26.8 Å². The Morgan fingerprint density at radius 3 is 2.64 bits per heavy atom. The minimum atomic E-state index is -0.481. The summed E-state index contributed by atoms with van der Waals surface area (Å²) in [7, 11) is 0. The van der Waals surface area contributed by atoms with Crippen LogP contribution >= 0.6 is 0 Å². The van der Waals surface area contributed by atoms with Crippen LogP contribution in [0, 0.1) is 18.3 Å². The zero-order chi connectivity index (χ0) is 8.48. The molecule has 3 nitrogen and oxygen atoms in total. The molecule has 0 atom stereocenters. The summed E-state index contributed by atoms with van der Waals surface area (Å²) in [6.45, 7) is 5.62. The van der Waals surface area contributed by atoms with Gasteiger partial charge in [0.25, 0.3) is 0 Å². The zero-order valence-electron chi connectivity index (χ0n) is 6.97. The number of rotatable bonds is 1. The van der Waals surface area contributed by atoms with Gasteiger partial charge in [0.1, 0.15) is 0 Å². The van der Waals surface area contributed by atoms with E-state index >= 15 is 0 Å². The first-order valence-electron chi connectivity index (χ1n) is 3.50. The van der Waals surface area contributed by atoms with E-state index in [4.69, 9.17) is 5.26 Å². The van der Waals surface area contributed by atoms with Crippen LogP contribution in [0.2, 0.25) is 0 Å². The highest BCUT2D eigenvalue weighted by atomic mass is 15.1. The summed E-state index contributed by atoms with van der Waals surface area (Å²) in [5.41, 5.74) is 1.31. The van der Waals surface area contributed by atoms with Gasteiger partial charge in [0.2, 0.25) is 0 Å². The third-order valence-corrected chi connectivity index (χ3v) is 1.63. The average Bonchev–Trinajstić information content (AvgIpc) is 2.36. The predicted molar refractivity (Wildman–Crippen MR) is 42.0 cm³/mol. The van der Waals surface area contributed by atoms with Crippen LogP contribution in [-0.2, 0) is 5.41 Å². The van der Waals surface area contributed by atoms with Crippen molar-refractivity contribution in [2.24, 2.45) is 0 Å². The highest BCUT2D eigenvalue weighted by Gasteiger charge is 2.22. The lowest BCUT2D eigenvalue weighted by Crippen LogP contribution is -2.14. The molecule has 0 amide bonds. The van der Waals surface area contributed by atoms with E-state index < -0.39 is 5.41 Å². The second kappa shape index (κ2) is 2.39. The van der Waals surface area contributed by atoms with Gasteiger partial charge in [-0.05, 0) is 26.8 Å². The SMILES string of the molecule is Cc1cc(C(C)(C)C#N)n[nH]1. The Kier molecular flexibility index (Phi) is 1.69. The largest absolute Gasteiger partial charge is 0.283 e. The number of aromatic amines is 1. The standard InChI is InChI=1S/C8H11N3/c1-6-4-7(11-10-6)8(2,3)5-9/h4H,1-3H3,(H,10,11). The Morgan fingerprint density at radius 1 is 1.64 bits per heavy atom. The summed E-state index contributed by atoms with van der Waals surface area (Å²) in [6, 6.07) is 4.08. The Bertz CT molecular complexity index is 291. The summed E-state index contributed by atoms with van der Waals surface area (Å²) in [5, 5.41) is 15.6. The Labute approximate surface area is 66.0 Å². The van der Waals surface area contributed by atoms with Gasteiger partial charge in [-0.3, -0.25) is 5.10 Å². The molecule has 0 aromatic carbocycles. The fraction of sp³-hybridized carbons (Fsp3) is 0.500. The molecular weight excluding hydrogens is 138 g/mol. The first kappa shape index (κ1) is 7.80. The molecule has 1 N–H and O–H groups in total. The van der Waals surface area contributed by atoms with Crippen molar-refractivity contribution < 1.29 is 0 Å². The van der Waals surface area contributed by atoms with Crippen molar-refractivity contribution in [2.75, 3.05) is 0 Å². The molecule has 0 saturated carbocycles. The van der Waals surface area contributed by atoms with Gasteiger partial charge in [-0.25, -0.2) is 0 Å². The van der Waals surface area contributed by atoms with E-state index in [0.717, 1.165) is 11.4 Å². The van der Waals surface area contributed by atoms with E-state index in [-0.39, 0.29) is 0 Å². The maximum atomic E-state index is 8.75. The highest BCUT2D eigenvalue weighted by Crippen LogP contribution is 2.19. The van der Waals surface area contributed by atoms with Crippen molar-refractivity contribution in [2.45, 2.75) is 26.2 Å². The molecular formula is C8H11N3. The minimum Gasteiger partial charge on any atom is -0.283 e. The second-order valence-corrected chi connectivity index (χ2v) is 3.17. The molecule has 0 saturated heterocycles. The van der Waals surface area contributed by atoms with Gasteiger partial charge in [-0.2, -0.15) is 10.4 Å². The first-order valence-corrected chi connectivity index (χ1v) is 3.50. The smallest absolute Gasteiger partial charge is 0.0955 e. The topological polar surface area (TPSA) is 52.5 Å². The highest BCUT2D eigenvalue weighted by molar-refractivity contribution is 5.23. The third kappa shape index (κ3) is 1.40. The van der Waals surface area contributed by atoms with Crippen LogP contribution < -0.4 is 0 Å². The molecule has 1 aromatic heterocycles. The van der Waals surface area contributed by atoms with Crippen molar-refractivity contribution in [3.8, 4) is 6.07 Å². The first-order chi connectivity index (χ1) is 5.06. The quantitative estimate of drug-likeness (QED) is 0.658. The van der Waals surface area contributed by atoms with Crippen molar-refractivity contribution in [3.63, 3.8) is 0 Å². The molecule has 1 heterocycles. The summed E-state index contributed by atoms with van der Waals surface area (Å²) >= 11 is 0. The predicted octanol–water partition coefficient (Wildman–Crippen LogP) is 1.52. The maximum absolute atomic E-state index is 8.75. The molecule has 3 heteroatoms. The van der Waals surface area contributed by atoms with Crippen LogP contribution in [0.1, 0.15) is 25.2 Å². The molecule has 0 fully saturated rings. The van der Waals surface area contributed by atoms with Gasteiger partial charge in [0, 0.05) is 5.69 Å². The second-order valence-electron chi connectivity index (χ2n) is 3.17. The summed E-state index contributed by atoms with van der Waals surface area (Å²) in [6.07, 6.45) is 0. The zero-order valence-corrected chi connectivity index (χ0v) is 6.97. The number of aryl methyl sites for hydroxylation is 1. The lowest BCUT2D eigenvalue weighted by Gasteiger charge is -2.09. The molecule has 0 unspecified atom stereocenters. The molecule has 0 spiro atoms. The number of H-pyrrole nitrogens is 1. The van der Waals surface area contributed by atoms with Gasteiger partial charge >= 0.3 is 0 Å². The van der Waals surface area contributed by atoms with Crippen LogP contribution in [0.5, 0.6) is 0 Å². The molecule has 0 aliphatic rings. The van der Waals surface area contributed by atoms with E-state index in [0.29, 0.717) is 0 Å². The van der Waals surface area contributed by atoms with Gasteiger partial charge in [-0.1, -0.05) is 0 Å². The van der Waals surface area contributed by atoms with E-state index in [1.54, 1.807) is 0 Å². The van der Waals surface area contributed by atoms with Crippen LogP contribution in [-0.4, -0.2) is 10.2 Å². The molecule has 0 bridgehead atoms. The van der Waals surface area contributed by atoms with Crippen molar-refractivity contribution >= 4 is 0 Å². The Hall–Kier alpha value is -1.30. The molecule has 0 radical (unpaired) electrons. The molecule has 1 aromatic rings. The summed E-state index contributed by atoms with van der Waals surface area (Å²) < 4.78 is 0. The van der Waals surface area contributed by atoms with E-state index in [9.17, 15) is 0 Å². The number of nitrogens with zero attached hydrogens (tertiary/aromatic N) is 2. The normalized spacial score (nSPS) is 11.1. The lowest BCUT2D eigenvalue weighted by atomic mass is 9.91. The minimum absolute atomic E-state index is 0.481. The molecule has 58 valence electrons. The van der Waals surface area contributed by atoms with E-state index in [2.05, 4.69) is 16.3 Å². The van der Waals surface area contributed by atoms with Gasteiger partial charge < -0.3 is 0 Å². The monoisotopic (exact) mass is 149 g/mol. The number of nitrogens with one attached hydrogen (secondary N) is 1. The van der Waals surface area contributed by atoms with Gasteiger partial charge in [0.15, 0.2) is 0 Å². The number of nitriles is 1. The summed E-state index contributed by atoms with van der Waals surface area (Å²) in [4.78, 5) is 0. The molecule has 11 heavy (non-hydrogen) atoms. The lowest BCUT2D eigenvalue weighted by molar-refractivity contribution is 0.655. The Morgan fingerprint density at radius 2 is 2.27 bits per heavy atom. The molecule has 0 aliphatic carbocycles. The van der Waals surface area contributed by atoms with Crippen molar-refractivity contribution in [3.05, 3.63) is 17.5 Å². The number of hydrogen-bond acceptors (Lipinski definition) is 2. The Balaban J connectivity index is 3.04. The van der Waals surface area contributed by atoms with E-state index in [1.165, 1.54) is 0 Å². The van der Waals surface area contributed by atoms with Gasteiger partial charge in [-0.15, -0.1) is 0 Å². The number of hydrogen-bond donors (Lipinski definition) is 1. The van der Waals surface area contributed by atoms with Crippen LogP contribution in [0.4, 0.5) is 0 Å². The van der Waals surface area contributed by atoms with Crippen LogP contribution in [0.25, 0.3) is 0 Å². The van der Waals surface area contributed by atoms with Crippen LogP contribution in [0.3, 0.4) is 0 Å². The van der Waals surface area contributed by atoms with Gasteiger partial charge in [0.05, 0.1) is 17.2 Å². The van der Waals surface area contributed by atoms with Crippen LogP contribution in [0.15, 0.2) is 6.07 Å². The number of aromatic nitrogens is 2. The molecule has 1 rings (SSSR count). The maximum Gasteiger partial charge on any atom is 0.0955 e. The van der Waals surface area contributed by atoms with Crippen molar-refractivity contribution in [1.29, 1.82) is 5.26 Å². The molecule has 0 aliphatic heterocycles. The third-order valence-electron chi connectivity index (χ3n) is 1.63. The average molecular weight is 149 g/mol. The summed E-state index contributed by atoms with van der Waals surface area (Å²) in [5.74, 6) is 0. The fourth-order valence-electron chi connectivity index (χ4n) is 0.795. The fourth-order valence-corrected chi connectivity index (χ4v) is 0.795. The van der Waals surface area contributed by atoms with Crippen molar-refractivity contribution in [1.82, 2.24) is 10.2 Å².